The second kappa shape index (κ2) is 14.3. The Morgan fingerprint density at radius 3 is 1.42 bits per heavy atom. The molecule has 3 heteroatoms. The molecule has 1 aromatic heterocycles. The van der Waals surface area contributed by atoms with Crippen molar-refractivity contribution in [2.45, 2.75) is 5.41 Å². The second-order valence-electron chi connectivity index (χ2n) is 15.1. The van der Waals surface area contributed by atoms with Gasteiger partial charge in [0, 0.05) is 16.7 Å². The average molecular weight is 752 g/mol. The highest BCUT2D eigenvalue weighted by atomic mass is 15.0. The van der Waals surface area contributed by atoms with E-state index >= 15 is 0 Å². The highest BCUT2D eigenvalue weighted by Gasteiger charge is 2.47. The van der Waals surface area contributed by atoms with Crippen LogP contribution in [-0.2, 0) is 5.41 Å². The Hall–Kier alpha value is -7.75. The van der Waals surface area contributed by atoms with Crippen LogP contribution < -0.4 is 0 Å². The van der Waals surface area contributed by atoms with Crippen molar-refractivity contribution in [1.82, 2.24) is 15.0 Å². The molecular weight excluding hydrogens is 715 g/mol. The molecule has 0 fully saturated rings. The zero-order valence-corrected chi connectivity index (χ0v) is 32.2. The molecule has 3 nitrogen and oxygen atoms in total. The van der Waals surface area contributed by atoms with E-state index in [9.17, 15) is 0 Å². The summed E-state index contributed by atoms with van der Waals surface area (Å²) in [6.45, 7) is 0. The summed E-state index contributed by atoms with van der Waals surface area (Å²) in [7, 11) is 0. The number of nitrogens with zero attached hydrogens (tertiary/aromatic N) is 3. The number of benzene rings is 9. The van der Waals surface area contributed by atoms with Crippen LogP contribution in [0.5, 0.6) is 0 Å². The summed E-state index contributed by atoms with van der Waals surface area (Å²) in [5.74, 6) is 1.91. The Morgan fingerprint density at radius 2 is 0.780 bits per heavy atom. The van der Waals surface area contributed by atoms with Gasteiger partial charge in [0.1, 0.15) is 0 Å². The topological polar surface area (TPSA) is 38.7 Å². The molecule has 0 atom stereocenters. The molecule has 0 aliphatic heterocycles. The Kier molecular flexibility index (Phi) is 8.37. The largest absolute Gasteiger partial charge is 0.208 e. The lowest BCUT2D eigenvalue weighted by molar-refractivity contribution is 0.769. The van der Waals surface area contributed by atoms with Gasteiger partial charge in [0.25, 0.3) is 0 Å². The number of hydrogen-bond donors (Lipinski definition) is 0. The van der Waals surface area contributed by atoms with Gasteiger partial charge in [0.2, 0.25) is 0 Å². The van der Waals surface area contributed by atoms with E-state index < -0.39 is 5.41 Å². The SMILES string of the molecule is c1ccc(-c2nc(-c3ccccc3)nc(-c3cc(-c4ccc(-c5cccc6ccccc56)cc4)cc4c3-c3ccccc3C4(c3ccccc3)c3ccccc3)n2)cc1. The molecule has 0 spiro atoms. The van der Waals surface area contributed by atoms with Gasteiger partial charge in [-0.3, -0.25) is 0 Å². The van der Waals surface area contributed by atoms with Crippen LogP contribution in [0.3, 0.4) is 0 Å². The first-order chi connectivity index (χ1) is 29.3. The monoisotopic (exact) mass is 751 g/mol. The Morgan fingerprint density at radius 1 is 0.288 bits per heavy atom. The minimum absolute atomic E-state index is 0.611. The van der Waals surface area contributed by atoms with Crippen LogP contribution in [0.2, 0.25) is 0 Å². The van der Waals surface area contributed by atoms with Crippen LogP contribution in [0.15, 0.2) is 224 Å². The summed E-state index contributed by atoms with van der Waals surface area (Å²) >= 11 is 0. The van der Waals surface area contributed by atoms with Crippen molar-refractivity contribution in [1.29, 1.82) is 0 Å². The first kappa shape index (κ1) is 34.5. The van der Waals surface area contributed by atoms with Gasteiger partial charge in [0.15, 0.2) is 17.5 Å². The molecule has 59 heavy (non-hydrogen) atoms. The minimum Gasteiger partial charge on any atom is -0.208 e. The normalized spacial score (nSPS) is 12.5. The molecule has 0 N–H and O–H groups in total. The maximum Gasteiger partial charge on any atom is 0.164 e. The van der Waals surface area contributed by atoms with E-state index in [1.165, 1.54) is 49.7 Å². The average Bonchev–Trinajstić information content (AvgIpc) is 3.63. The van der Waals surface area contributed by atoms with E-state index in [-0.39, 0.29) is 0 Å². The molecule has 0 saturated heterocycles. The molecule has 1 aliphatic carbocycles. The fourth-order valence-corrected chi connectivity index (χ4v) is 9.16. The Labute approximate surface area is 344 Å². The first-order valence-electron chi connectivity index (χ1n) is 20.1. The summed E-state index contributed by atoms with van der Waals surface area (Å²) in [6.07, 6.45) is 0. The molecule has 0 bridgehead atoms. The second-order valence-corrected chi connectivity index (χ2v) is 15.1. The van der Waals surface area contributed by atoms with Gasteiger partial charge in [-0.1, -0.05) is 212 Å². The summed E-state index contributed by atoms with van der Waals surface area (Å²) in [6, 6.07) is 80.1. The molecule has 0 saturated carbocycles. The third kappa shape index (κ3) is 5.78. The summed E-state index contributed by atoms with van der Waals surface area (Å²) in [4.78, 5) is 15.8. The maximum atomic E-state index is 5.34. The Bertz CT molecular complexity index is 3020. The fourth-order valence-electron chi connectivity index (χ4n) is 9.16. The van der Waals surface area contributed by atoms with E-state index in [0.717, 1.165) is 33.4 Å². The lowest BCUT2D eigenvalue weighted by Crippen LogP contribution is -2.28. The third-order valence-electron chi connectivity index (χ3n) is 11.8. The van der Waals surface area contributed by atoms with Gasteiger partial charge in [-0.05, 0) is 78.5 Å². The third-order valence-corrected chi connectivity index (χ3v) is 11.8. The quantitative estimate of drug-likeness (QED) is 0.163. The lowest BCUT2D eigenvalue weighted by Gasteiger charge is -2.34. The fraction of sp³-hybridized carbons (Fsp3) is 0.0179. The smallest absolute Gasteiger partial charge is 0.164 e. The first-order valence-corrected chi connectivity index (χ1v) is 20.1. The van der Waals surface area contributed by atoms with Gasteiger partial charge < -0.3 is 0 Å². The van der Waals surface area contributed by atoms with Crippen molar-refractivity contribution in [2.75, 3.05) is 0 Å². The summed E-state index contributed by atoms with van der Waals surface area (Å²) < 4.78 is 0. The van der Waals surface area contributed by atoms with Crippen molar-refractivity contribution >= 4 is 10.8 Å². The molecule has 276 valence electrons. The van der Waals surface area contributed by atoms with Crippen molar-refractivity contribution < 1.29 is 0 Å². The molecule has 10 aromatic rings. The Balaban J connectivity index is 1.22. The summed E-state index contributed by atoms with van der Waals surface area (Å²) in [5, 5.41) is 2.48. The zero-order chi connectivity index (χ0) is 39.2. The van der Waals surface area contributed by atoms with Crippen molar-refractivity contribution in [3.05, 3.63) is 247 Å². The predicted octanol–water partition coefficient (Wildman–Crippen LogP) is 13.7. The van der Waals surface area contributed by atoms with Gasteiger partial charge in [0.05, 0.1) is 5.41 Å². The highest BCUT2D eigenvalue weighted by molar-refractivity contribution is 5.99. The van der Waals surface area contributed by atoms with E-state index in [1.54, 1.807) is 0 Å². The van der Waals surface area contributed by atoms with Crippen molar-refractivity contribution in [3.63, 3.8) is 0 Å². The van der Waals surface area contributed by atoms with Crippen LogP contribution in [0, 0.1) is 0 Å². The standard InChI is InChI=1S/C56H37N3/c1-5-19-41(20-6-1)53-57-54(42-21-7-2-8-22-42)59-55(58-53)49-36-43(38-32-34-40(35-33-38)47-30-17-23-39-18-13-14-28-46(39)47)37-51-52(49)48-29-15-16-31-50(48)56(51,44-24-9-3-10-25-44)45-26-11-4-12-27-45/h1-37H. The molecule has 9 aromatic carbocycles. The van der Waals surface area contributed by atoms with Crippen LogP contribution in [0.4, 0.5) is 0 Å². The summed E-state index contributed by atoms with van der Waals surface area (Å²) in [5.41, 5.74) is 14.0. The van der Waals surface area contributed by atoms with Crippen molar-refractivity contribution in [3.8, 4) is 67.5 Å². The van der Waals surface area contributed by atoms with E-state index in [0.29, 0.717) is 17.5 Å². The maximum absolute atomic E-state index is 5.34. The molecule has 11 rings (SSSR count). The molecular formula is C56H37N3. The van der Waals surface area contributed by atoms with Crippen molar-refractivity contribution in [2.24, 2.45) is 0 Å². The minimum atomic E-state index is -0.611. The van der Waals surface area contributed by atoms with Crippen LogP contribution in [-0.4, -0.2) is 15.0 Å². The van der Waals surface area contributed by atoms with E-state index in [1.807, 2.05) is 36.4 Å². The van der Waals surface area contributed by atoms with Crippen LogP contribution in [0.1, 0.15) is 22.3 Å². The van der Waals surface area contributed by atoms with Gasteiger partial charge >= 0.3 is 0 Å². The van der Waals surface area contributed by atoms with E-state index in [2.05, 4.69) is 188 Å². The van der Waals surface area contributed by atoms with Crippen LogP contribution in [0.25, 0.3) is 78.3 Å². The number of rotatable bonds is 7. The van der Waals surface area contributed by atoms with Gasteiger partial charge in [-0.25, -0.2) is 15.0 Å². The molecule has 0 radical (unpaired) electrons. The number of fused-ring (bicyclic) bond motifs is 4. The van der Waals surface area contributed by atoms with E-state index in [4.69, 9.17) is 15.0 Å². The number of aromatic nitrogens is 3. The van der Waals surface area contributed by atoms with Gasteiger partial charge in [-0.15, -0.1) is 0 Å². The lowest BCUT2D eigenvalue weighted by atomic mass is 9.67. The highest BCUT2D eigenvalue weighted by Crippen LogP contribution is 2.59. The molecule has 1 heterocycles. The van der Waals surface area contributed by atoms with Gasteiger partial charge in [-0.2, -0.15) is 0 Å². The predicted molar refractivity (Wildman–Crippen MR) is 242 cm³/mol. The molecule has 1 aliphatic rings. The molecule has 0 unspecified atom stereocenters. The van der Waals surface area contributed by atoms with Crippen LogP contribution >= 0.6 is 0 Å². The molecule has 0 amide bonds. The number of hydrogen-bond acceptors (Lipinski definition) is 3. The zero-order valence-electron chi connectivity index (χ0n) is 32.2.